The van der Waals surface area contributed by atoms with Gasteiger partial charge >= 0.3 is 6.03 Å². The van der Waals surface area contributed by atoms with Gasteiger partial charge in [0.1, 0.15) is 18.1 Å². The smallest absolute Gasteiger partial charge is 0.319 e. The number of nitrogens with zero attached hydrogens (tertiary/aromatic N) is 1. The number of aromatic nitrogens is 1. The standard InChI is InChI=1S/C19H18ClN3O3/c1-25-18-7-4-14(20)12-17(18)23-19(24)22-9-10-26-15-5-6-16-13(11-15)3-2-8-21-16/h2-8,11-12H,9-10H2,1H3,(H2,22,23,24). The van der Waals surface area contributed by atoms with Crippen LogP contribution in [0.15, 0.2) is 54.7 Å². The molecule has 0 unspecified atom stereocenters. The average Bonchev–Trinajstić information content (AvgIpc) is 2.65. The number of ether oxygens (including phenoxy) is 2. The maximum atomic E-state index is 12.0. The van der Waals surface area contributed by atoms with Crippen LogP contribution in [0.2, 0.25) is 5.02 Å². The van der Waals surface area contributed by atoms with Crippen LogP contribution in [0.3, 0.4) is 0 Å². The molecule has 26 heavy (non-hydrogen) atoms. The Kier molecular flexibility index (Phi) is 5.76. The second kappa shape index (κ2) is 8.40. The van der Waals surface area contributed by atoms with Gasteiger partial charge in [-0.25, -0.2) is 4.79 Å². The third kappa shape index (κ3) is 4.55. The van der Waals surface area contributed by atoms with Gasteiger partial charge in [0, 0.05) is 16.6 Å². The molecule has 0 bridgehead atoms. The SMILES string of the molecule is COc1ccc(Cl)cc1NC(=O)NCCOc1ccc2ncccc2c1. The summed E-state index contributed by atoms with van der Waals surface area (Å²) in [6.07, 6.45) is 1.75. The van der Waals surface area contributed by atoms with Gasteiger partial charge in [0.15, 0.2) is 0 Å². The summed E-state index contributed by atoms with van der Waals surface area (Å²) >= 11 is 5.94. The third-order valence-corrected chi connectivity index (χ3v) is 3.88. The summed E-state index contributed by atoms with van der Waals surface area (Å²) in [5, 5.41) is 6.94. The molecule has 1 heterocycles. The summed E-state index contributed by atoms with van der Waals surface area (Å²) in [7, 11) is 1.53. The molecular formula is C19H18ClN3O3. The zero-order chi connectivity index (χ0) is 18.4. The number of rotatable bonds is 6. The molecule has 0 saturated carbocycles. The van der Waals surface area contributed by atoms with Crippen molar-refractivity contribution in [2.75, 3.05) is 25.6 Å². The van der Waals surface area contributed by atoms with Crippen LogP contribution in [0.4, 0.5) is 10.5 Å². The Bertz CT molecular complexity index is 917. The van der Waals surface area contributed by atoms with Crippen molar-refractivity contribution in [3.05, 3.63) is 59.8 Å². The van der Waals surface area contributed by atoms with E-state index in [1.165, 1.54) is 7.11 Å². The first-order valence-corrected chi connectivity index (χ1v) is 8.39. The van der Waals surface area contributed by atoms with E-state index in [4.69, 9.17) is 21.1 Å². The van der Waals surface area contributed by atoms with Crippen LogP contribution < -0.4 is 20.1 Å². The van der Waals surface area contributed by atoms with Crippen LogP contribution in [-0.4, -0.2) is 31.3 Å². The molecule has 0 saturated heterocycles. The molecule has 7 heteroatoms. The number of methoxy groups -OCH3 is 1. The van der Waals surface area contributed by atoms with E-state index in [9.17, 15) is 4.79 Å². The number of amides is 2. The first-order chi connectivity index (χ1) is 12.7. The topological polar surface area (TPSA) is 72.5 Å². The number of halogens is 1. The number of pyridine rings is 1. The molecule has 2 amide bonds. The minimum absolute atomic E-state index is 0.339. The van der Waals surface area contributed by atoms with E-state index in [-0.39, 0.29) is 6.03 Å². The van der Waals surface area contributed by atoms with Crippen molar-refractivity contribution in [2.45, 2.75) is 0 Å². The number of anilines is 1. The number of hydrogen-bond donors (Lipinski definition) is 2. The molecule has 6 nitrogen and oxygen atoms in total. The van der Waals surface area contributed by atoms with Crippen molar-refractivity contribution in [2.24, 2.45) is 0 Å². The van der Waals surface area contributed by atoms with Crippen LogP contribution in [0, 0.1) is 0 Å². The van der Waals surface area contributed by atoms with Crippen molar-refractivity contribution < 1.29 is 14.3 Å². The molecule has 0 aliphatic rings. The molecule has 3 rings (SSSR count). The summed E-state index contributed by atoms with van der Waals surface area (Å²) in [6, 6.07) is 14.2. The molecule has 0 spiro atoms. The quantitative estimate of drug-likeness (QED) is 0.640. The number of carbonyl (C=O) groups excluding carboxylic acids is 1. The first kappa shape index (κ1) is 17.8. The van der Waals surface area contributed by atoms with Crippen LogP contribution in [0.1, 0.15) is 0 Å². The van der Waals surface area contributed by atoms with Crippen LogP contribution >= 0.6 is 11.6 Å². The normalized spacial score (nSPS) is 10.4. The molecule has 1 aromatic heterocycles. The van der Waals surface area contributed by atoms with Crippen molar-refractivity contribution >= 4 is 34.2 Å². The van der Waals surface area contributed by atoms with Gasteiger partial charge in [-0.3, -0.25) is 4.98 Å². The minimum atomic E-state index is -0.364. The fourth-order valence-electron chi connectivity index (χ4n) is 2.42. The van der Waals surface area contributed by atoms with Gasteiger partial charge in [-0.2, -0.15) is 0 Å². The lowest BCUT2D eigenvalue weighted by molar-refractivity contribution is 0.247. The maximum absolute atomic E-state index is 12.0. The van der Waals surface area contributed by atoms with Gasteiger partial charge in [-0.1, -0.05) is 17.7 Å². The summed E-state index contributed by atoms with van der Waals surface area (Å²) in [4.78, 5) is 16.3. The van der Waals surface area contributed by atoms with Crippen LogP contribution in [-0.2, 0) is 0 Å². The summed E-state index contributed by atoms with van der Waals surface area (Å²) in [6.45, 7) is 0.686. The van der Waals surface area contributed by atoms with E-state index in [1.54, 1.807) is 24.4 Å². The van der Waals surface area contributed by atoms with E-state index in [0.29, 0.717) is 29.6 Å². The highest BCUT2D eigenvalue weighted by atomic mass is 35.5. The monoisotopic (exact) mass is 371 g/mol. The lowest BCUT2D eigenvalue weighted by atomic mass is 10.2. The first-order valence-electron chi connectivity index (χ1n) is 8.02. The largest absolute Gasteiger partial charge is 0.495 e. The van der Waals surface area contributed by atoms with Crippen LogP contribution in [0.5, 0.6) is 11.5 Å². The van der Waals surface area contributed by atoms with Gasteiger partial charge in [0.2, 0.25) is 0 Å². The average molecular weight is 372 g/mol. The lowest BCUT2D eigenvalue weighted by Crippen LogP contribution is -2.32. The van der Waals surface area contributed by atoms with Gasteiger partial charge in [0.05, 0.1) is 24.9 Å². The lowest BCUT2D eigenvalue weighted by Gasteiger charge is -2.12. The Hall–Kier alpha value is -2.99. The summed E-state index contributed by atoms with van der Waals surface area (Å²) in [5.41, 5.74) is 1.41. The number of urea groups is 1. The fraction of sp³-hybridized carbons (Fsp3) is 0.158. The number of nitrogens with one attached hydrogen (secondary N) is 2. The molecule has 0 radical (unpaired) electrons. The number of carbonyl (C=O) groups is 1. The molecule has 0 atom stereocenters. The second-order valence-corrected chi connectivity index (χ2v) is 5.87. The van der Waals surface area contributed by atoms with Crippen molar-refractivity contribution in [1.82, 2.24) is 10.3 Å². The summed E-state index contributed by atoms with van der Waals surface area (Å²) < 4.78 is 10.9. The molecule has 2 aromatic carbocycles. The Labute approximate surface area is 156 Å². The maximum Gasteiger partial charge on any atom is 0.319 e. The molecule has 0 fully saturated rings. The van der Waals surface area contributed by atoms with E-state index in [0.717, 1.165) is 16.7 Å². The molecule has 134 valence electrons. The molecule has 0 aliphatic heterocycles. The Morgan fingerprint density at radius 2 is 2.08 bits per heavy atom. The molecule has 2 N–H and O–H groups in total. The van der Waals surface area contributed by atoms with Crippen LogP contribution in [0.25, 0.3) is 10.9 Å². The zero-order valence-electron chi connectivity index (χ0n) is 14.2. The van der Waals surface area contributed by atoms with Gasteiger partial charge < -0.3 is 20.1 Å². The molecular weight excluding hydrogens is 354 g/mol. The molecule has 3 aromatic rings. The Morgan fingerprint density at radius 1 is 1.19 bits per heavy atom. The predicted molar refractivity (Wildman–Crippen MR) is 102 cm³/mol. The van der Waals surface area contributed by atoms with Crippen molar-refractivity contribution in [3.8, 4) is 11.5 Å². The number of hydrogen-bond acceptors (Lipinski definition) is 4. The predicted octanol–water partition coefficient (Wildman–Crippen LogP) is 4.10. The summed E-state index contributed by atoms with van der Waals surface area (Å²) in [5.74, 6) is 1.26. The van der Waals surface area contributed by atoms with Gasteiger partial charge in [0.25, 0.3) is 0 Å². The fourth-order valence-corrected chi connectivity index (χ4v) is 2.59. The second-order valence-electron chi connectivity index (χ2n) is 5.43. The van der Waals surface area contributed by atoms with E-state index >= 15 is 0 Å². The Balaban J connectivity index is 1.48. The van der Waals surface area contributed by atoms with E-state index in [2.05, 4.69) is 15.6 Å². The highest BCUT2D eigenvalue weighted by molar-refractivity contribution is 6.31. The van der Waals surface area contributed by atoms with Crippen molar-refractivity contribution in [1.29, 1.82) is 0 Å². The number of benzene rings is 2. The van der Waals surface area contributed by atoms with E-state index in [1.807, 2.05) is 30.3 Å². The molecule has 0 aliphatic carbocycles. The van der Waals surface area contributed by atoms with Gasteiger partial charge in [-0.15, -0.1) is 0 Å². The number of fused-ring (bicyclic) bond motifs is 1. The van der Waals surface area contributed by atoms with Crippen molar-refractivity contribution in [3.63, 3.8) is 0 Å². The van der Waals surface area contributed by atoms with E-state index < -0.39 is 0 Å². The zero-order valence-corrected chi connectivity index (χ0v) is 14.9. The minimum Gasteiger partial charge on any atom is -0.495 e. The van der Waals surface area contributed by atoms with Gasteiger partial charge in [-0.05, 0) is 42.5 Å². The third-order valence-electron chi connectivity index (χ3n) is 3.64. The highest BCUT2D eigenvalue weighted by Gasteiger charge is 2.08. The Morgan fingerprint density at radius 3 is 2.92 bits per heavy atom. The highest BCUT2D eigenvalue weighted by Crippen LogP contribution is 2.27.